The fourth-order valence-electron chi connectivity index (χ4n) is 5.85. The summed E-state index contributed by atoms with van der Waals surface area (Å²) in [6, 6.07) is 20.6. The van der Waals surface area contributed by atoms with Crippen molar-refractivity contribution in [1.29, 1.82) is 0 Å². The lowest BCUT2D eigenvalue weighted by molar-refractivity contribution is 0.0768. The van der Waals surface area contributed by atoms with E-state index in [1.165, 1.54) is 11.1 Å². The molecule has 0 spiro atoms. The maximum absolute atomic E-state index is 13.0. The number of rotatable bonds is 5. The van der Waals surface area contributed by atoms with Crippen molar-refractivity contribution in [2.75, 3.05) is 43.0 Å². The predicted octanol–water partition coefficient (Wildman–Crippen LogP) is 5.21. The molecule has 3 aliphatic rings. The summed E-state index contributed by atoms with van der Waals surface area (Å²) in [6.45, 7) is 11.5. The van der Waals surface area contributed by atoms with Crippen LogP contribution in [0.2, 0.25) is 0 Å². The average molecular weight is 497 g/mol. The highest BCUT2D eigenvalue weighted by Gasteiger charge is 2.56. The molecule has 1 saturated carbocycles. The van der Waals surface area contributed by atoms with Crippen molar-refractivity contribution in [3.05, 3.63) is 83.6 Å². The Kier molecular flexibility index (Phi) is 6.06. The summed E-state index contributed by atoms with van der Waals surface area (Å²) in [7, 11) is 0. The molecule has 37 heavy (non-hydrogen) atoms. The summed E-state index contributed by atoms with van der Waals surface area (Å²) in [5, 5.41) is 3.58. The summed E-state index contributed by atoms with van der Waals surface area (Å²) in [6.07, 6.45) is 1.93. The van der Waals surface area contributed by atoms with Gasteiger partial charge in [-0.3, -0.25) is 4.79 Å². The van der Waals surface area contributed by atoms with Gasteiger partial charge in [0.2, 0.25) is 0 Å². The Balaban J connectivity index is 0.989. The van der Waals surface area contributed by atoms with Crippen LogP contribution in [0.3, 0.4) is 0 Å². The Labute approximate surface area is 219 Å². The number of likely N-dealkylation sites (tertiary alicyclic amines) is 1. The normalized spacial score (nSPS) is 22.5. The van der Waals surface area contributed by atoms with Crippen molar-refractivity contribution in [1.82, 2.24) is 9.88 Å². The SMILES string of the molecule is CC(C)(C)c1ccc(C(=O)N2CC3C(CNc4ccc(N5CCOc6ccccc6C5)nc4)C3C2)cc1. The number of fused-ring (bicyclic) bond motifs is 2. The number of carbonyl (C=O) groups is 1. The first-order valence-corrected chi connectivity index (χ1v) is 13.4. The maximum Gasteiger partial charge on any atom is 0.253 e. The van der Waals surface area contributed by atoms with Crippen molar-refractivity contribution >= 4 is 17.4 Å². The van der Waals surface area contributed by atoms with Crippen LogP contribution in [0, 0.1) is 17.8 Å². The van der Waals surface area contributed by atoms with Crippen molar-refractivity contribution in [2.24, 2.45) is 17.8 Å². The van der Waals surface area contributed by atoms with Crippen molar-refractivity contribution in [3.63, 3.8) is 0 Å². The number of pyridine rings is 1. The minimum Gasteiger partial charge on any atom is -0.491 e. The number of nitrogens with zero attached hydrogens (tertiary/aromatic N) is 3. The third-order valence-corrected chi connectivity index (χ3v) is 8.22. The van der Waals surface area contributed by atoms with Crippen molar-refractivity contribution in [2.45, 2.75) is 32.7 Å². The average Bonchev–Trinajstić information content (AvgIpc) is 3.45. The Hall–Kier alpha value is -3.54. The molecular weight excluding hydrogens is 460 g/mol. The number of piperidine rings is 1. The van der Waals surface area contributed by atoms with E-state index in [4.69, 9.17) is 9.72 Å². The lowest BCUT2D eigenvalue weighted by Crippen LogP contribution is -2.32. The third kappa shape index (κ3) is 4.89. The van der Waals surface area contributed by atoms with E-state index < -0.39 is 0 Å². The zero-order valence-corrected chi connectivity index (χ0v) is 22.0. The zero-order chi connectivity index (χ0) is 25.6. The molecule has 192 valence electrons. The van der Waals surface area contributed by atoms with Gasteiger partial charge in [0.05, 0.1) is 18.4 Å². The second-order valence-electron chi connectivity index (χ2n) is 11.7. The second kappa shape index (κ2) is 9.40. The third-order valence-electron chi connectivity index (χ3n) is 8.22. The van der Waals surface area contributed by atoms with Gasteiger partial charge in [0, 0.05) is 37.3 Å². The number of para-hydroxylation sites is 1. The van der Waals surface area contributed by atoms with E-state index in [1.54, 1.807) is 0 Å². The van der Waals surface area contributed by atoms with Gasteiger partial charge in [0.1, 0.15) is 18.2 Å². The molecule has 6 heteroatoms. The molecular formula is C31H36N4O2. The molecule has 0 radical (unpaired) electrons. The topological polar surface area (TPSA) is 57.7 Å². The Morgan fingerprint density at radius 3 is 2.49 bits per heavy atom. The van der Waals surface area contributed by atoms with E-state index in [-0.39, 0.29) is 11.3 Å². The highest BCUT2D eigenvalue weighted by Crippen LogP contribution is 2.51. The molecule has 6 rings (SSSR count). The van der Waals surface area contributed by atoms with Gasteiger partial charge < -0.3 is 19.9 Å². The number of amides is 1. The van der Waals surface area contributed by atoms with Crippen LogP contribution >= 0.6 is 0 Å². The lowest BCUT2D eigenvalue weighted by Gasteiger charge is -2.22. The van der Waals surface area contributed by atoms with Gasteiger partial charge in [-0.25, -0.2) is 4.98 Å². The molecule has 1 aliphatic carbocycles. The summed E-state index contributed by atoms with van der Waals surface area (Å²) in [5.74, 6) is 3.95. The molecule has 2 atom stereocenters. The van der Waals surface area contributed by atoms with Crippen LogP contribution in [0.25, 0.3) is 0 Å². The highest BCUT2D eigenvalue weighted by atomic mass is 16.5. The van der Waals surface area contributed by atoms with E-state index >= 15 is 0 Å². The zero-order valence-electron chi connectivity index (χ0n) is 22.0. The molecule has 1 aromatic heterocycles. The maximum atomic E-state index is 13.0. The fourth-order valence-corrected chi connectivity index (χ4v) is 5.85. The van der Waals surface area contributed by atoms with E-state index in [1.807, 2.05) is 35.4 Å². The van der Waals surface area contributed by atoms with Crippen LogP contribution < -0.4 is 15.0 Å². The first-order chi connectivity index (χ1) is 17.9. The number of hydrogen-bond acceptors (Lipinski definition) is 5. The summed E-state index contributed by atoms with van der Waals surface area (Å²) in [4.78, 5) is 22.0. The van der Waals surface area contributed by atoms with Crippen LogP contribution in [0.4, 0.5) is 11.5 Å². The predicted molar refractivity (Wildman–Crippen MR) is 147 cm³/mol. The van der Waals surface area contributed by atoms with Gasteiger partial charge in [-0.05, 0) is 59.1 Å². The van der Waals surface area contributed by atoms with E-state index in [0.717, 1.165) is 55.5 Å². The van der Waals surface area contributed by atoms with Crippen LogP contribution in [0.1, 0.15) is 42.3 Å². The largest absolute Gasteiger partial charge is 0.491 e. The molecule has 1 N–H and O–H groups in total. The molecule has 2 unspecified atom stereocenters. The molecule has 3 heterocycles. The molecule has 1 amide bonds. The first kappa shape index (κ1) is 23.8. The molecule has 0 bridgehead atoms. The van der Waals surface area contributed by atoms with Gasteiger partial charge in [-0.1, -0.05) is 51.1 Å². The van der Waals surface area contributed by atoms with Gasteiger partial charge in [-0.2, -0.15) is 0 Å². The van der Waals surface area contributed by atoms with E-state index in [9.17, 15) is 4.79 Å². The Morgan fingerprint density at radius 2 is 1.78 bits per heavy atom. The Bertz CT molecular complexity index is 1250. The molecule has 3 aromatic rings. The standard InChI is InChI=1S/C31H36N4O2/c1-31(2,3)23-10-8-21(9-11-23)30(36)35-19-26-25(27(26)20-35)17-32-24-12-13-29(33-16-24)34-14-15-37-28-7-5-4-6-22(28)18-34/h4-13,16,25-27,32H,14-15,17-20H2,1-3H3. The minimum atomic E-state index is 0.0982. The summed E-state index contributed by atoms with van der Waals surface area (Å²) in [5.41, 5.74) is 4.40. The van der Waals surface area contributed by atoms with Gasteiger partial charge in [-0.15, -0.1) is 0 Å². The number of nitrogens with one attached hydrogen (secondary N) is 1. The number of ether oxygens (including phenoxy) is 1. The van der Waals surface area contributed by atoms with Crippen molar-refractivity contribution in [3.8, 4) is 5.75 Å². The quantitative estimate of drug-likeness (QED) is 0.526. The van der Waals surface area contributed by atoms with E-state index in [0.29, 0.717) is 24.4 Å². The second-order valence-corrected chi connectivity index (χ2v) is 11.7. The van der Waals surface area contributed by atoms with Crippen molar-refractivity contribution < 1.29 is 9.53 Å². The number of benzene rings is 2. The number of hydrogen-bond donors (Lipinski definition) is 1. The minimum absolute atomic E-state index is 0.0982. The van der Waals surface area contributed by atoms with Crippen LogP contribution in [0.5, 0.6) is 5.75 Å². The molecule has 2 aromatic carbocycles. The molecule has 2 aliphatic heterocycles. The monoisotopic (exact) mass is 496 g/mol. The summed E-state index contributed by atoms with van der Waals surface area (Å²) >= 11 is 0. The van der Waals surface area contributed by atoms with Crippen LogP contribution in [-0.4, -0.2) is 48.6 Å². The molecule has 2 fully saturated rings. The van der Waals surface area contributed by atoms with Crippen LogP contribution in [0.15, 0.2) is 66.9 Å². The van der Waals surface area contributed by atoms with Gasteiger partial charge >= 0.3 is 0 Å². The fraction of sp³-hybridized carbons (Fsp3) is 0.419. The number of aromatic nitrogens is 1. The smallest absolute Gasteiger partial charge is 0.253 e. The first-order valence-electron chi connectivity index (χ1n) is 13.4. The number of carbonyl (C=O) groups excluding carboxylic acids is 1. The Morgan fingerprint density at radius 1 is 1.03 bits per heavy atom. The lowest BCUT2D eigenvalue weighted by atomic mass is 9.86. The van der Waals surface area contributed by atoms with E-state index in [2.05, 4.69) is 67.4 Å². The summed E-state index contributed by atoms with van der Waals surface area (Å²) < 4.78 is 5.89. The molecule has 1 saturated heterocycles. The van der Waals surface area contributed by atoms with Gasteiger partial charge in [0.25, 0.3) is 5.91 Å². The van der Waals surface area contributed by atoms with Crippen LogP contribution in [-0.2, 0) is 12.0 Å². The van der Waals surface area contributed by atoms with Gasteiger partial charge in [0.15, 0.2) is 0 Å². The molecule has 6 nitrogen and oxygen atoms in total. The highest BCUT2D eigenvalue weighted by molar-refractivity contribution is 5.94. The number of anilines is 2.